The van der Waals surface area contributed by atoms with Crippen LogP contribution in [0.5, 0.6) is 0 Å². The zero-order valence-corrected chi connectivity index (χ0v) is 12.7. The molecule has 1 aromatic carbocycles. The third-order valence-corrected chi connectivity index (χ3v) is 5.53. The number of fused-ring (bicyclic) bond motifs is 1. The number of alkyl halides is 3. The number of halogens is 3. The van der Waals surface area contributed by atoms with Gasteiger partial charge in [0.1, 0.15) is 0 Å². The summed E-state index contributed by atoms with van der Waals surface area (Å²) < 4.78 is 40.7. The minimum Gasteiger partial charge on any atom is -0.118 e. The summed E-state index contributed by atoms with van der Waals surface area (Å²) in [5.41, 5.74) is -3.14. The lowest BCUT2D eigenvalue weighted by Crippen LogP contribution is -1.98. The Morgan fingerprint density at radius 3 is 2.35 bits per heavy atom. The quantitative estimate of drug-likeness (QED) is 0.564. The maximum atomic E-state index is 13.4. The van der Waals surface area contributed by atoms with Gasteiger partial charge in [-0.1, -0.05) is 32.8 Å². The fourth-order valence-corrected chi connectivity index (χ4v) is 4.55. The first-order valence-electron chi connectivity index (χ1n) is 7.12. The standard InChI is InChI=1S/C16H20F3S/c1-3-5-7-14-11-13-9-8-12(6-4-2)10-15(13)20(14)16(17,18)19/h8-11H,3-7H2,1-2H3/q+1. The number of aryl methyl sites for hydroxylation is 2. The lowest BCUT2D eigenvalue weighted by atomic mass is 10.1. The van der Waals surface area contributed by atoms with E-state index in [2.05, 4.69) is 0 Å². The Morgan fingerprint density at radius 2 is 1.75 bits per heavy atom. The highest BCUT2D eigenvalue weighted by molar-refractivity contribution is 7.38. The van der Waals surface area contributed by atoms with Crippen LogP contribution in [-0.4, -0.2) is 0 Å². The van der Waals surface area contributed by atoms with Gasteiger partial charge in [-0.25, -0.2) is 0 Å². The zero-order chi connectivity index (χ0) is 14.8. The van der Waals surface area contributed by atoms with Gasteiger partial charge in [-0.3, -0.25) is 0 Å². The van der Waals surface area contributed by atoms with Crippen molar-refractivity contribution in [3.63, 3.8) is 0 Å². The molecule has 0 aliphatic heterocycles. The van der Waals surface area contributed by atoms with Crippen molar-refractivity contribution in [3.8, 4) is 0 Å². The van der Waals surface area contributed by atoms with Gasteiger partial charge in [-0.05, 0) is 24.5 Å². The largest absolute Gasteiger partial charge is 0.600 e. The zero-order valence-electron chi connectivity index (χ0n) is 11.9. The molecule has 0 radical (unpaired) electrons. The number of hydrogen-bond acceptors (Lipinski definition) is 0. The molecule has 0 bridgehead atoms. The first-order valence-corrected chi connectivity index (χ1v) is 8.34. The van der Waals surface area contributed by atoms with Crippen LogP contribution in [0.25, 0.3) is 10.1 Å². The summed E-state index contributed by atoms with van der Waals surface area (Å²) in [5.74, 6) is 0. The molecule has 0 aliphatic carbocycles. The minimum atomic E-state index is -4.16. The molecule has 2 aromatic rings. The van der Waals surface area contributed by atoms with Gasteiger partial charge in [0, 0.05) is 23.9 Å². The number of hydrogen-bond donors (Lipinski definition) is 0. The molecule has 1 unspecified atom stereocenters. The van der Waals surface area contributed by atoms with Crippen LogP contribution in [0.15, 0.2) is 24.3 Å². The highest BCUT2D eigenvalue weighted by Crippen LogP contribution is 2.51. The molecule has 0 N–H and O–H groups in total. The molecule has 0 saturated heterocycles. The maximum absolute atomic E-state index is 13.4. The molecule has 0 nitrogen and oxygen atoms in total. The normalized spacial score (nSPS) is 13.2. The summed E-state index contributed by atoms with van der Waals surface area (Å²) in [6.45, 7) is 4.05. The van der Waals surface area contributed by atoms with Crippen LogP contribution >= 0.6 is 10.5 Å². The van der Waals surface area contributed by atoms with E-state index >= 15 is 0 Å². The number of unbranched alkanes of at least 4 members (excludes halogenated alkanes) is 1. The molecule has 1 heterocycles. The second kappa shape index (κ2) is 6.17. The Labute approximate surface area is 120 Å². The van der Waals surface area contributed by atoms with Crippen LogP contribution in [-0.2, 0) is 18.3 Å². The van der Waals surface area contributed by atoms with E-state index in [9.17, 15) is 13.2 Å². The van der Waals surface area contributed by atoms with Crippen molar-refractivity contribution in [2.24, 2.45) is 0 Å². The topological polar surface area (TPSA) is 0 Å². The third kappa shape index (κ3) is 3.17. The predicted molar refractivity (Wildman–Crippen MR) is 80.3 cm³/mol. The summed E-state index contributed by atoms with van der Waals surface area (Å²) in [7, 11) is -1.71. The Balaban J connectivity index is 2.56. The molecule has 110 valence electrons. The Morgan fingerprint density at radius 1 is 1.00 bits per heavy atom. The monoisotopic (exact) mass is 301 g/mol. The molecule has 20 heavy (non-hydrogen) atoms. The molecule has 0 amide bonds. The van der Waals surface area contributed by atoms with Crippen molar-refractivity contribution < 1.29 is 13.2 Å². The van der Waals surface area contributed by atoms with Crippen molar-refractivity contribution in [3.05, 3.63) is 34.7 Å². The Hall–Kier alpha value is -1.03. The van der Waals surface area contributed by atoms with Crippen LogP contribution in [0, 0.1) is 0 Å². The van der Waals surface area contributed by atoms with E-state index in [1.54, 1.807) is 12.1 Å². The second-order valence-electron chi connectivity index (χ2n) is 5.09. The van der Waals surface area contributed by atoms with E-state index in [4.69, 9.17) is 0 Å². The van der Waals surface area contributed by atoms with Crippen LogP contribution < -0.4 is 0 Å². The number of rotatable bonds is 5. The molecule has 0 fully saturated rings. The van der Waals surface area contributed by atoms with Crippen molar-refractivity contribution in [1.29, 1.82) is 0 Å². The number of thiophene rings is 1. The average molecular weight is 301 g/mol. The molecular formula is C16H20F3S+. The molecule has 0 aliphatic rings. The molecule has 4 heteroatoms. The summed E-state index contributed by atoms with van der Waals surface area (Å²) in [5, 5.41) is 0.761. The molecule has 0 spiro atoms. The minimum absolute atomic E-state index is 0.481. The summed E-state index contributed by atoms with van der Waals surface area (Å²) in [6, 6.07) is 7.34. The first-order chi connectivity index (χ1) is 9.47. The van der Waals surface area contributed by atoms with Gasteiger partial charge >= 0.3 is 5.51 Å². The van der Waals surface area contributed by atoms with Crippen LogP contribution in [0.3, 0.4) is 0 Å². The summed E-state index contributed by atoms with van der Waals surface area (Å²) in [6.07, 6.45) is 4.09. The van der Waals surface area contributed by atoms with E-state index in [-0.39, 0.29) is 0 Å². The van der Waals surface area contributed by atoms with Gasteiger partial charge in [0.05, 0.1) is 10.5 Å². The Kier molecular flexibility index (Phi) is 4.74. The Bertz CT molecular complexity index is 581. The van der Waals surface area contributed by atoms with Crippen LogP contribution in [0.4, 0.5) is 13.2 Å². The predicted octanol–water partition coefficient (Wildman–Crippen LogP) is 6.36. The second-order valence-corrected chi connectivity index (χ2v) is 7.13. The maximum Gasteiger partial charge on any atom is 0.600 e. The van der Waals surface area contributed by atoms with Gasteiger partial charge < -0.3 is 0 Å². The van der Waals surface area contributed by atoms with E-state index < -0.39 is 16.0 Å². The van der Waals surface area contributed by atoms with E-state index in [0.29, 0.717) is 16.0 Å². The van der Waals surface area contributed by atoms with E-state index in [0.717, 1.165) is 36.6 Å². The van der Waals surface area contributed by atoms with Gasteiger partial charge in [-0.15, -0.1) is 13.2 Å². The van der Waals surface area contributed by atoms with Crippen molar-refractivity contribution >= 4 is 20.6 Å². The van der Waals surface area contributed by atoms with Crippen molar-refractivity contribution in [2.45, 2.75) is 51.5 Å². The first kappa shape index (κ1) is 15.4. The lowest BCUT2D eigenvalue weighted by Gasteiger charge is -2.01. The molecule has 1 atom stereocenters. The molecular weight excluding hydrogens is 281 g/mol. The average Bonchev–Trinajstić information content (AvgIpc) is 2.74. The fourth-order valence-electron chi connectivity index (χ4n) is 2.49. The van der Waals surface area contributed by atoms with Crippen molar-refractivity contribution in [1.82, 2.24) is 0 Å². The number of benzene rings is 1. The summed E-state index contributed by atoms with van der Waals surface area (Å²) >= 11 is 0. The van der Waals surface area contributed by atoms with Gasteiger partial charge in [0.25, 0.3) is 0 Å². The highest BCUT2D eigenvalue weighted by atomic mass is 32.2. The smallest absolute Gasteiger partial charge is 0.118 e. The van der Waals surface area contributed by atoms with Crippen molar-refractivity contribution in [2.75, 3.05) is 0 Å². The highest BCUT2D eigenvalue weighted by Gasteiger charge is 2.47. The van der Waals surface area contributed by atoms with Gasteiger partial charge in [-0.2, -0.15) is 0 Å². The SMILES string of the molecule is CCCCc1cc2ccc(CCC)cc2[s+]1C(F)(F)F. The van der Waals surface area contributed by atoms with Crippen LogP contribution in [0.1, 0.15) is 43.6 Å². The van der Waals surface area contributed by atoms with E-state index in [1.807, 2.05) is 26.0 Å². The fraction of sp³-hybridized carbons (Fsp3) is 0.500. The third-order valence-electron chi connectivity index (χ3n) is 3.42. The molecule has 0 saturated carbocycles. The molecule has 2 rings (SSSR count). The van der Waals surface area contributed by atoms with Gasteiger partial charge in [0.2, 0.25) is 0 Å². The summed E-state index contributed by atoms with van der Waals surface area (Å²) in [4.78, 5) is 0.558. The lowest BCUT2D eigenvalue weighted by molar-refractivity contribution is -0.0867. The molecule has 1 aromatic heterocycles. The van der Waals surface area contributed by atoms with E-state index in [1.165, 1.54) is 0 Å². The van der Waals surface area contributed by atoms with Gasteiger partial charge in [0.15, 0.2) is 9.58 Å². The van der Waals surface area contributed by atoms with Crippen LogP contribution in [0.2, 0.25) is 0 Å².